The molecule has 0 aliphatic rings. The van der Waals surface area contributed by atoms with E-state index < -0.39 is 0 Å². The van der Waals surface area contributed by atoms with Crippen LogP contribution in [0.1, 0.15) is 44.5 Å². The fourth-order valence-corrected chi connectivity index (χ4v) is 8.01. The van der Waals surface area contributed by atoms with Crippen molar-refractivity contribution in [2.75, 3.05) is 0 Å². The van der Waals surface area contributed by atoms with Gasteiger partial charge in [-0.25, -0.2) is 0 Å². The number of hydrogen-bond acceptors (Lipinski definition) is 1. The van der Waals surface area contributed by atoms with Crippen molar-refractivity contribution < 1.29 is 4.42 Å². The van der Waals surface area contributed by atoms with E-state index in [4.69, 9.17) is 4.42 Å². The summed E-state index contributed by atoms with van der Waals surface area (Å²) in [5.41, 5.74) is 18.1. The molecule has 8 aromatic rings. The maximum absolute atomic E-state index is 6.29. The molecule has 220 valence electrons. The van der Waals surface area contributed by atoms with Crippen LogP contribution in [0.25, 0.3) is 76.5 Å². The fraction of sp³-hybridized carbons (Fsp3) is 0.182. The molecule has 0 N–H and O–H groups in total. The third kappa shape index (κ3) is 3.74. The van der Waals surface area contributed by atoms with Gasteiger partial charge in [0, 0.05) is 10.8 Å². The molecule has 7 aromatic carbocycles. The first-order valence-electron chi connectivity index (χ1n) is 16.0. The minimum absolute atomic E-state index is 0.931. The summed E-state index contributed by atoms with van der Waals surface area (Å²) in [4.78, 5) is 0. The molecule has 1 heterocycles. The molecule has 0 saturated heterocycles. The molecular formula is C44H38O. The Hall–Kier alpha value is -4.88. The molecule has 45 heavy (non-hydrogen) atoms. The van der Waals surface area contributed by atoms with Crippen molar-refractivity contribution in [3.63, 3.8) is 0 Å². The van der Waals surface area contributed by atoms with E-state index in [2.05, 4.69) is 134 Å². The highest BCUT2D eigenvalue weighted by atomic mass is 16.3. The highest BCUT2D eigenvalue weighted by Crippen LogP contribution is 2.51. The van der Waals surface area contributed by atoms with E-state index >= 15 is 0 Å². The second-order valence-electron chi connectivity index (χ2n) is 13.1. The minimum atomic E-state index is 0.931. The molecule has 0 spiro atoms. The van der Waals surface area contributed by atoms with E-state index in [1.807, 2.05) is 6.07 Å². The molecule has 0 bridgehead atoms. The lowest BCUT2D eigenvalue weighted by Gasteiger charge is -2.27. The number of benzene rings is 7. The van der Waals surface area contributed by atoms with E-state index in [0.717, 1.165) is 16.6 Å². The second-order valence-corrected chi connectivity index (χ2v) is 13.1. The molecule has 0 saturated carbocycles. The predicted molar refractivity (Wildman–Crippen MR) is 195 cm³/mol. The lowest BCUT2D eigenvalue weighted by atomic mass is 9.76. The Morgan fingerprint density at radius 2 is 0.867 bits per heavy atom. The van der Waals surface area contributed by atoms with Gasteiger partial charge in [0.1, 0.15) is 11.2 Å². The second kappa shape index (κ2) is 9.81. The zero-order valence-electron chi connectivity index (χ0n) is 27.5. The smallest absolute Gasteiger partial charge is 0.135 e. The summed E-state index contributed by atoms with van der Waals surface area (Å²) >= 11 is 0. The third-order valence-corrected chi connectivity index (χ3v) is 11.1. The maximum Gasteiger partial charge on any atom is 0.135 e. The van der Waals surface area contributed by atoms with Gasteiger partial charge in [-0.15, -0.1) is 0 Å². The molecule has 1 nitrogen and oxygen atoms in total. The molecule has 0 aliphatic carbocycles. The largest absolute Gasteiger partial charge is 0.456 e. The highest BCUT2D eigenvalue weighted by molar-refractivity contribution is 6.27. The summed E-state index contributed by atoms with van der Waals surface area (Å²) in [5, 5.41) is 10.4. The lowest BCUT2D eigenvalue weighted by molar-refractivity contribution is 0.669. The van der Waals surface area contributed by atoms with E-state index in [1.54, 1.807) is 0 Å². The number of hydrogen-bond donors (Lipinski definition) is 0. The summed E-state index contributed by atoms with van der Waals surface area (Å²) < 4.78 is 6.29. The van der Waals surface area contributed by atoms with Gasteiger partial charge >= 0.3 is 0 Å². The van der Waals surface area contributed by atoms with Gasteiger partial charge < -0.3 is 4.42 Å². The Kier molecular flexibility index (Phi) is 6.03. The molecule has 0 fully saturated rings. The molecule has 0 aliphatic heterocycles. The molecule has 8 rings (SSSR count). The first kappa shape index (κ1) is 27.7. The van der Waals surface area contributed by atoms with Crippen LogP contribution < -0.4 is 0 Å². The Balaban J connectivity index is 1.69. The summed E-state index contributed by atoms with van der Waals surface area (Å²) in [6.45, 7) is 18.5. The Bertz CT molecular complexity index is 2470. The van der Waals surface area contributed by atoms with Crippen LogP contribution in [0, 0.1) is 55.4 Å². The molecular weight excluding hydrogens is 544 g/mol. The number of rotatable bonds is 2. The summed E-state index contributed by atoms with van der Waals surface area (Å²) in [6.07, 6.45) is 0. The number of aryl methyl sites for hydroxylation is 4. The zero-order valence-corrected chi connectivity index (χ0v) is 27.5. The van der Waals surface area contributed by atoms with Gasteiger partial charge in [-0.05, 0) is 173 Å². The molecule has 1 heteroatoms. The quantitative estimate of drug-likeness (QED) is 0.185. The number of furan rings is 1. The van der Waals surface area contributed by atoms with Crippen LogP contribution in [0.3, 0.4) is 0 Å². The predicted octanol–water partition coefficient (Wildman–Crippen LogP) is 12.8. The normalized spacial score (nSPS) is 12.0. The third-order valence-electron chi connectivity index (χ3n) is 11.1. The average Bonchev–Trinajstić information content (AvgIpc) is 3.44. The van der Waals surface area contributed by atoms with Crippen LogP contribution in [-0.2, 0) is 0 Å². The first-order valence-corrected chi connectivity index (χ1v) is 16.0. The average molecular weight is 583 g/mol. The monoisotopic (exact) mass is 582 g/mol. The van der Waals surface area contributed by atoms with Gasteiger partial charge in [0.05, 0.1) is 0 Å². The van der Waals surface area contributed by atoms with Crippen molar-refractivity contribution in [3.05, 3.63) is 129 Å². The standard InChI is InChI=1S/C44H38O/c1-23-25(3)29(7)41-39(27(23)5)43(32-20-21-38-36(22-32)34-17-11-12-19-37(34)45-38)40-28(6)24(2)26(4)30(8)42(40)44(41)35-18-13-15-31-14-9-10-16-33(31)35/h9-22H,1-8H3. The zero-order chi connectivity index (χ0) is 31.3. The van der Waals surface area contributed by atoms with Crippen molar-refractivity contribution in [1.82, 2.24) is 0 Å². The van der Waals surface area contributed by atoms with Crippen LogP contribution >= 0.6 is 0 Å². The first-order chi connectivity index (χ1) is 21.7. The fourth-order valence-electron chi connectivity index (χ4n) is 8.01. The van der Waals surface area contributed by atoms with Crippen molar-refractivity contribution in [2.45, 2.75) is 55.4 Å². The van der Waals surface area contributed by atoms with Gasteiger partial charge in [-0.1, -0.05) is 66.7 Å². The number of para-hydroxylation sites is 1. The summed E-state index contributed by atoms with van der Waals surface area (Å²) in [7, 11) is 0. The van der Waals surface area contributed by atoms with Crippen molar-refractivity contribution >= 4 is 54.3 Å². The van der Waals surface area contributed by atoms with Gasteiger partial charge in [0.2, 0.25) is 0 Å². The van der Waals surface area contributed by atoms with Crippen LogP contribution in [-0.4, -0.2) is 0 Å². The molecule has 0 unspecified atom stereocenters. The highest BCUT2D eigenvalue weighted by Gasteiger charge is 2.26. The van der Waals surface area contributed by atoms with Crippen LogP contribution in [0.15, 0.2) is 89.3 Å². The SMILES string of the molecule is Cc1c(C)c(C)c2c(-c3cccc4ccccc34)c3c(C)c(C)c(C)c(C)c3c(-c3ccc4oc5ccccc5c4c3)c2c1C. The Morgan fingerprint density at radius 1 is 0.378 bits per heavy atom. The molecule has 0 amide bonds. The van der Waals surface area contributed by atoms with E-state index in [-0.39, 0.29) is 0 Å². The van der Waals surface area contributed by atoms with Crippen molar-refractivity contribution in [3.8, 4) is 22.3 Å². The van der Waals surface area contributed by atoms with E-state index in [9.17, 15) is 0 Å². The summed E-state index contributed by atoms with van der Waals surface area (Å²) in [5.74, 6) is 0. The maximum atomic E-state index is 6.29. The van der Waals surface area contributed by atoms with Crippen molar-refractivity contribution in [1.29, 1.82) is 0 Å². The lowest BCUT2D eigenvalue weighted by Crippen LogP contribution is -2.03. The van der Waals surface area contributed by atoms with E-state index in [1.165, 1.54) is 104 Å². The van der Waals surface area contributed by atoms with E-state index in [0.29, 0.717) is 0 Å². The van der Waals surface area contributed by atoms with Gasteiger partial charge in [0.25, 0.3) is 0 Å². The Morgan fingerprint density at radius 3 is 1.49 bits per heavy atom. The number of fused-ring (bicyclic) bond motifs is 6. The minimum Gasteiger partial charge on any atom is -0.456 e. The molecule has 0 atom stereocenters. The van der Waals surface area contributed by atoms with Crippen LogP contribution in [0.4, 0.5) is 0 Å². The van der Waals surface area contributed by atoms with Crippen LogP contribution in [0.2, 0.25) is 0 Å². The van der Waals surface area contributed by atoms with Crippen molar-refractivity contribution in [2.24, 2.45) is 0 Å². The molecule has 0 radical (unpaired) electrons. The van der Waals surface area contributed by atoms with Crippen LogP contribution in [0.5, 0.6) is 0 Å². The Labute approximate surface area is 265 Å². The topological polar surface area (TPSA) is 13.1 Å². The van der Waals surface area contributed by atoms with Gasteiger partial charge in [-0.3, -0.25) is 0 Å². The van der Waals surface area contributed by atoms with Gasteiger partial charge in [0.15, 0.2) is 0 Å². The molecule has 1 aromatic heterocycles. The van der Waals surface area contributed by atoms with Gasteiger partial charge in [-0.2, -0.15) is 0 Å². The summed E-state index contributed by atoms with van der Waals surface area (Å²) in [6, 6.07) is 30.9.